The molecule has 0 heterocycles. The van der Waals surface area contributed by atoms with Gasteiger partial charge in [0.25, 0.3) is 5.91 Å². The zero-order valence-corrected chi connectivity index (χ0v) is 10.1. The Labute approximate surface area is 100 Å². The predicted octanol–water partition coefficient (Wildman–Crippen LogP) is 2.25. The Hall–Kier alpha value is -1.58. The van der Waals surface area contributed by atoms with Crippen LogP contribution >= 0.6 is 0 Å². The number of anilines is 1. The van der Waals surface area contributed by atoms with Crippen molar-refractivity contribution in [1.82, 2.24) is 5.32 Å². The van der Waals surface area contributed by atoms with Crippen LogP contribution in [0.1, 0.15) is 35.7 Å². The third-order valence-electron chi connectivity index (χ3n) is 3.30. The van der Waals surface area contributed by atoms with Gasteiger partial charge in [0.2, 0.25) is 0 Å². The molecule has 0 bridgehead atoms. The van der Waals surface area contributed by atoms with E-state index in [-0.39, 0.29) is 16.9 Å². The van der Waals surface area contributed by atoms with Crippen molar-refractivity contribution in [3.05, 3.63) is 29.1 Å². The van der Waals surface area contributed by atoms with Crippen molar-refractivity contribution >= 4 is 11.6 Å². The lowest BCUT2D eigenvalue weighted by molar-refractivity contribution is 0.0942. The van der Waals surface area contributed by atoms with Crippen LogP contribution in [0.3, 0.4) is 0 Å². The lowest BCUT2D eigenvalue weighted by Gasteiger charge is -2.11. The molecule has 1 amide bonds. The zero-order chi connectivity index (χ0) is 12.6. The normalized spacial score (nSPS) is 16.6. The Bertz CT molecular complexity index is 467. The first-order valence-corrected chi connectivity index (χ1v) is 5.75. The molecule has 0 atom stereocenters. The number of benzene rings is 1. The van der Waals surface area contributed by atoms with E-state index in [0.717, 1.165) is 12.8 Å². The summed E-state index contributed by atoms with van der Waals surface area (Å²) in [7, 11) is 0. The fraction of sp³-hybridized carbons (Fsp3) is 0.462. The minimum absolute atomic E-state index is 0.0340. The molecule has 2 rings (SSSR count). The molecule has 17 heavy (non-hydrogen) atoms. The van der Waals surface area contributed by atoms with Crippen molar-refractivity contribution in [1.29, 1.82) is 0 Å². The van der Waals surface area contributed by atoms with Crippen molar-refractivity contribution in [2.24, 2.45) is 5.41 Å². The molecule has 3 N–H and O–H groups in total. The van der Waals surface area contributed by atoms with Gasteiger partial charge in [-0.2, -0.15) is 0 Å². The van der Waals surface area contributed by atoms with E-state index < -0.39 is 5.82 Å². The summed E-state index contributed by atoms with van der Waals surface area (Å²) in [4.78, 5) is 11.8. The second kappa shape index (κ2) is 4.02. The number of halogens is 1. The summed E-state index contributed by atoms with van der Waals surface area (Å²) in [6.07, 6.45) is 2.23. The molecule has 0 aromatic heterocycles. The first-order chi connectivity index (χ1) is 7.91. The molecular weight excluding hydrogens is 219 g/mol. The largest absolute Gasteiger partial charge is 0.399 e. The van der Waals surface area contributed by atoms with Crippen LogP contribution in [0.25, 0.3) is 0 Å². The maximum Gasteiger partial charge on any atom is 0.254 e. The van der Waals surface area contributed by atoms with Crippen LogP contribution in [0, 0.1) is 18.2 Å². The molecule has 1 aliphatic carbocycles. The number of aryl methyl sites for hydroxylation is 1. The van der Waals surface area contributed by atoms with Crippen molar-refractivity contribution in [2.75, 3.05) is 12.3 Å². The molecule has 0 unspecified atom stereocenters. The van der Waals surface area contributed by atoms with Gasteiger partial charge in [-0.25, -0.2) is 4.39 Å². The smallest absolute Gasteiger partial charge is 0.254 e. The van der Waals surface area contributed by atoms with Gasteiger partial charge in [-0.05, 0) is 42.9 Å². The van der Waals surface area contributed by atoms with Gasteiger partial charge in [-0.3, -0.25) is 4.79 Å². The average Bonchev–Trinajstić information content (AvgIpc) is 2.99. The highest BCUT2D eigenvalue weighted by Crippen LogP contribution is 2.44. The molecule has 0 aliphatic heterocycles. The predicted molar refractivity (Wildman–Crippen MR) is 65.2 cm³/mol. The highest BCUT2D eigenvalue weighted by molar-refractivity contribution is 5.95. The standard InChI is InChI=1S/C13H17FN2O/c1-8-5-9(15)6-10(11(8)14)12(17)16-7-13(2)3-4-13/h5-6H,3-4,7,15H2,1-2H3,(H,16,17). The quantitative estimate of drug-likeness (QED) is 0.791. The van der Waals surface area contributed by atoms with Crippen LogP contribution < -0.4 is 11.1 Å². The van der Waals surface area contributed by atoms with Crippen molar-refractivity contribution < 1.29 is 9.18 Å². The molecule has 1 aliphatic rings. The van der Waals surface area contributed by atoms with Crippen LogP contribution in [0.2, 0.25) is 0 Å². The van der Waals surface area contributed by atoms with Gasteiger partial charge in [0.1, 0.15) is 5.82 Å². The molecule has 3 nitrogen and oxygen atoms in total. The maximum absolute atomic E-state index is 13.8. The van der Waals surface area contributed by atoms with E-state index in [4.69, 9.17) is 5.73 Å². The van der Waals surface area contributed by atoms with Crippen molar-refractivity contribution in [3.8, 4) is 0 Å². The molecule has 0 saturated heterocycles. The second-order valence-corrected chi connectivity index (χ2v) is 5.19. The van der Waals surface area contributed by atoms with E-state index in [1.54, 1.807) is 6.92 Å². The van der Waals surface area contributed by atoms with Crippen LogP contribution in [0.5, 0.6) is 0 Å². The minimum Gasteiger partial charge on any atom is -0.399 e. The van der Waals surface area contributed by atoms with Crippen LogP contribution in [0.15, 0.2) is 12.1 Å². The molecule has 1 aromatic carbocycles. The van der Waals surface area contributed by atoms with Gasteiger partial charge >= 0.3 is 0 Å². The number of amides is 1. The van der Waals surface area contributed by atoms with Gasteiger partial charge < -0.3 is 11.1 Å². The number of nitrogen functional groups attached to an aromatic ring is 1. The van der Waals surface area contributed by atoms with Crippen LogP contribution in [0.4, 0.5) is 10.1 Å². The molecule has 1 fully saturated rings. The summed E-state index contributed by atoms with van der Waals surface area (Å²) in [5.41, 5.74) is 6.66. The second-order valence-electron chi connectivity index (χ2n) is 5.19. The number of nitrogens with two attached hydrogens (primary N) is 1. The third-order valence-corrected chi connectivity index (χ3v) is 3.30. The van der Waals surface area contributed by atoms with Crippen molar-refractivity contribution in [3.63, 3.8) is 0 Å². The summed E-state index contributed by atoms with van der Waals surface area (Å²) in [5, 5.41) is 2.76. The number of nitrogens with one attached hydrogen (secondary N) is 1. The van der Waals surface area contributed by atoms with Gasteiger partial charge in [0.05, 0.1) is 5.56 Å². The van der Waals surface area contributed by atoms with E-state index in [0.29, 0.717) is 17.8 Å². The average molecular weight is 236 g/mol. The number of carbonyl (C=O) groups is 1. The van der Waals surface area contributed by atoms with E-state index in [9.17, 15) is 9.18 Å². The molecule has 0 radical (unpaired) electrons. The Morgan fingerprint density at radius 3 is 2.76 bits per heavy atom. The Balaban J connectivity index is 2.13. The van der Waals surface area contributed by atoms with E-state index in [1.807, 2.05) is 0 Å². The maximum atomic E-state index is 13.8. The summed E-state index contributed by atoms with van der Waals surface area (Å²) >= 11 is 0. The Morgan fingerprint density at radius 2 is 2.18 bits per heavy atom. The first-order valence-electron chi connectivity index (χ1n) is 5.75. The third kappa shape index (κ3) is 2.57. The Kier molecular flexibility index (Phi) is 2.81. The molecule has 4 heteroatoms. The number of hydrogen-bond donors (Lipinski definition) is 2. The molecule has 92 valence electrons. The highest BCUT2D eigenvalue weighted by Gasteiger charge is 2.37. The number of hydrogen-bond acceptors (Lipinski definition) is 2. The number of carbonyl (C=O) groups excluding carboxylic acids is 1. The summed E-state index contributed by atoms with van der Waals surface area (Å²) in [5.74, 6) is -0.872. The van der Waals surface area contributed by atoms with Gasteiger partial charge in [-0.1, -0.05) is 6.92 Å². The lowest BCUT2D eigenvalue weighted by Crippen LogP contribution is -2.29. The zero-order valence-electron chi connectivity index (χ0n) is 10.1. The molecular formula is C13H17FN2O. The minimum atomic E-state index is -0.488. The monoisotopic (exact) mass is 236 g/mol. The van der Waals surface area contributed by atoms with Crippen LogP contribution in [-0.2, 0) is 0 Å². The van der Waals surface area contributed by atoms with Gasteiger partial charge in [0, 0.05) is 12.2 Å². The van der Waals surface area contributed by atoms with Crippen LogP contribution in [-0.4, -0.2) is 12.5 Å². The SMILES string of the molecule is Cc1cc(N)cc(C(=O)NCC2(C)CC2)c1F. The summed E-state index contributed by atoms with van der Waals surface area (Å²) < 4.78 is 13.8. The fourth-order valence-corrected chi connectivity index (χ4v) is 1.74. The van der Waals surface area contributed by atoms with E-state index >= 15 is 0 Å². The van der Waals surface area contributed by atoms with Gasteiger partial charge in [-0.15, -0.1) is 0 Å². The van der Waals surface area contributed by atoms with E-state index in [1.165, 1.54) is 12.1 Å². The Morgan fingerprint density at radius 1 is 1.53 bits per heavy atom. The van der Waals surface area contributed by atoms with E-state index in [2.05, 4.69) is 12.2 Å². The van der Waals surface area contributed by atoms with Crippen molar-refractivity contribution in [2.45, 2.75) is 26.7 Å². The topological polar surface area (TPSA) is 55.1 Å². The summed E-state index contributed by atoms with van der Waals surface area (Å²) in [6, 6.07) is 2.90. The van der Waals surface area contributed by atoms with Gasteiger partial charge in [0.15, 0.2) is 0 Å². The highest BCUT2D eigenvalue weighted by atomic mass is 19.1. The lowest BCUT2D eigenvalue weighted by atomic mass is 10.1. The molecule has 1 aromatic rings. The molecule has 0 spiro atoms. The molecule has 1 saturated carbocycles. The fourth-order valence-electron chi connectivity index (χ4n) is 1.74. The number of rotatable bonds is 3. The summed E-state index contributed by atoms with van der Waals surface area (Å²) in [6.45, 7) is 4.30. The first kappa shape index (κ1) is 11.9.